The van der Waals surface area contributed by atoms with Gasteiger partial charge in [-0.1, -0.05) is 0 Å². The lowest BCUT2D eigenvalue weighted by atomic mass is 9.98. The van der Waals surface area contributed by atoms with E-state index in [-0.39, 0.29) is 6.04 Å². The average Bonchev–Trinajstić information content (AvgIpc) is 3.13. The maximum Gasteiger partial charge on any atom is 0.336 e. The van der Waals surface area contributed by atoms with E-state index in [4.69, 9.17) is 4.74 Å². The number of aliphatic hydroxyl groups excluding tert-OH is 3. The van der Waals surface area contributed by atoms with Crippen LogP contribution in [0.4, 0.5) is 0 Å². The van der Waals surface area contributed by atoms with Crippen molar-refractivity contribution in [2.24, 2.45) is 0 Å². The summed E-state index contributed by atoms with van der Waals surface area (Å²) in [4.78, 5) is 0. The fraction of sp³-hybridized carbons (Fsp3) is 1.00. The van der Waals surface area contributed by atoms with E-state index in [0.717, 1.165) is 12.8 Å². The number of nitrogens with one attached hydrogen (secondary N) is 1. The Morgan fingerprint density at radius 3 is 2.53 bits per heavy atom. The number of rotatable bonds is 5. The van der Waals surface area contributed by atoms with Crippen molar-refractivity contribution in [3.8, 4) is 0 Å². The topological polar surface area (TPSA) is 146 Å². The van der Waals surface area contributed by atoms with Gasteiger partial charge in [-0.15, -0.1) is 0 Å². The Morgan fingerprint density at radius 2 is 1.95 bits per heavy atom. The van der Waals surface area contributed by atoms with Crippen molar-refractivity contribution in [3.05, 3.63) is 0 Å². The molecule has 112 valence electrons. The van der Waals surface area contributed by atoms with E-state index in [1.165, 1.54) is 0 Å². The zero-order valence-electron chi connectivity index (χ0n) is 9.97. The second-order valence-electron chi connectivity index (χ2n) is 4.77. The summed E-state index contributed by atoms with van der Waals surface area (Å²) in [5.41, 5.74) is 0. The van der Waals surface area contributed by atoms with Crippen LogP contribution in [0.25, 0.3) is 0 Å². The van der Waals surface area contributed by atoms with Crippen LogP contribution in [0.3, 0.4) is 0 Å². The molecule has 1 unspecified atom stereocenters. The Kier molecular flexibility index (Phi) is 4.14. The second kappa shape index (κ2) is 5.22. The summed E-state index contributed by atoms with van der Waals surface area (Å²) in [7, 11) is -4.06. The van der Waals surface area contributed by atoms with Crippen LogP contribution in [-0.4, -0.2) is 72.2 Å². The van der Waals surface area contributed by atoms with Crippen LogP contribution in [-0.2, 0) is 19.2 Å². The van der Waals surface area contributed by atoms with Gasteiger partial charge in [0.25, 0.3) is 0 Å². The van der Waals surface area contributed by atoms with E-state index < -0.39 is 47.6 Å². The maximum atomic E-state index is 11.4. The van der Waals surface area contributed by atoms with Crippen molar-refractivity contribution in [1.29, 1.82) is 0 Å². The zero-order valence-corrected chi connectivity index (χ0v) is 10.8. The smallest absolute Gasteiger partial charge is 0.336 e. The summed E-state index contributed by atoms with van der Waals surface area (Å²) in [6.07, 6.45) is -3.46. The molecule has 0 bridgehead atoms. The van der Waals surface area contributed by atoms with Crippen LogP contribution >= 0.6 is 0 Å². The van der Waals surface area contributed by atoms with Gasteiger partial charge in [-0.25, -0.2) is 0 Å². The van der Waals surface area contributed by atoms with Crippen molar-refractivity contribution >= 4 is 10.3 Å². The minimum Gasteiger partial charge on any atom is -0.388 e. The number of hydrogen-bond acceptors (Lipinski definition) is 8. The Balaban J connectivity index is 1.93. The van der Waals surface area contributed by atoms with Gasteiger partial charge in [-0.2, -0.15) is 13.1 Å². The largest absolute Gasteiger partial charge is 0.388 e. The Bertz CT molecular complexity index is 424. The summed E-state index contributed by atoms with van der Waals surface area (Å²) < 4.78 is 34.3. The minimum absolute atomic E-state index is 0.163. The lowest BCUT2D eigenvalue weighted by Gasteiger charge is -2.40. The third-order valence-electron chi connectivity index (χ3n) is 2.99. The molecule has 19 heavy (non-hydrogen) atoms. The molecule has 4 atom stereocenters. The standard InChI is InChI=1S/C9H17NO8S/c11-6-3-17-9(14,8(13)7(6)12)4-18-19(15,16)10-5-1-2-5/h5-8,10-14H,1-4H2/t6-,7-,8+,9?/m1/s1. The Hall–Kier alpha value is -0.330. The molecule has 1 saturated carbocycles. The average molecular weight is 299 g/mol. The first-order valence-electron chi connectivity index (χ1n) is 5.81. The molecule has 0 amide bonds. The Morgan fingerprint density at radius 1 is 1.32 bits per heavy atom. The number of aliphatic hydroxyl groups is 4. The molecule has 1 saturated heterocycles. The molecule has 2 aliphatic rings. The van der Waals surface area contributed by atoms with E-state index in [1.807, 2.05) is 0 Å². The van der Waals surface area contributed by atoms with Gasteiger partial charge in [-0.05, 0) is 12.8 Å². The lowest BCUT2D eigenvalue weighted by Crippen LogP contribution is -2.63. The molecule has 2 fully saturated rings. The van der Waals surface area contributed by atoms with Gasteiger partial charge in [0.15, 0.2) is 0 Å². The molecule has 1 aliphatic heterocycles. The molecular weight excluding hydrogens is 282 g/mol. The van der Waals surface area contributed by atoms with Crippen LogP contribution in [0.15, 0.2) is 0 Å². The van der Waals surface area contributed by atoms with Gasteiger partial charge >= 0.3 is 10.3 Å². The van der Waals surface area contributed by atoms with E-state index in [1.54, 1.807) is 0 Å². The minimum atomic E-state index is -4.06. The molecule has 0 aromatic carbocycles. The first-order chi connectivity index (χ1) is 8.73. The van der Waals surface area contributed by atoms with E-state index in [9.17, 15) is 28.8 Å². The predicted molar refractivity (Wildman–Crippen MR) is 60.0 cm³/mol. The van der Waals surface area contributed by atoms with Crippen molar-refractivity contribution < 1.29 is 37.8 Å². The van der Waals surface area contributed by atoms with E-state index in [2.05, 4.69) is 8.91 Å². The number of ether oxygens (including phenoxy) is 1. The van der Waals surface area contributed by atoms with Gasteiger partial charge in [0, 0.05) is 6.04 Å². The van der Waals surface area contributed by atoms with Crippen molar-refractivity contribution in [1.82, 2.24) is 4.72 Å². The monoisotopic (exact) mass is 299 g/mol. The second-order valence-corrected chi connectivity index (χ2v) is 6.15. The van der Waals surface area contributed by atoms with Gasteiger partial charge in [0.1, 0.15) is 24.9 Å². The first kappa shape index (κ1) is 15.1. The summed E-state index contributed by atoms with van der Waals surface area (Å²) in [6.45, 7) is -1.34. The van der Waals surface area contributed by atoms with Gasteiger partial charge in [-0.3, -0.25) is 4.18 Å². The third-order valence-corrected chi connectivity index (χ3v) is 4.04. The van der Waals surface area contributed by atoms with Crippen LogP contribution in [0.1, 0.15) is 12.8 Å². The highest BCUT2D eigenvalue weighted by Crippen LogP contribution is 2.25. The highest BCUT2D eigenvalue weighted by atomic mass is 32.2. The van der Waals surface area contributed by atoms with Crippen LogP contribution in [0.2, 0.25) is 0 Å². The highest BCUT2D eigenvalue weighted by Gasteiger charge is 2.49. The van der Waals surface area contributed by atoms with Crippen molar-refractivity contribution in [2.75, 3.05) is 13.2 Å². The third kappa shape index (κ3) is 3.61. The maximum absolute atomic E-state index is 11.4. The summed E-state index contributed by atoms with van der Waals surface area (Å²) in [5.74, 6) is -2.39. The molecule has 1 heterocycles. The summed E-state index contributed by atoms with van der Waals surface area (Å²) >= 11 is 0. The first-order valence-corrected chi connectivity index (χ1v) is 7.21. The van der Waals surface area contributed by atoms with Gasteiger partial charge in [0.05, 0.1) is 6.61 Å². The lowest BCUT2D eigenvalue weighted by molar-refractivity contribution is -0.328. The van der Waals surface area contributed by atoms with Gasteiger partial charge in [0.2, 0.25) is 5.79 Å². The molecular formula is C9H17NO8S. The molecule has 0 aromatic heterocycles. The summed E-state index contributed by atoms with van der Waals surface area (Å²) in [6, 6.07) is -0.163. The molecule has 9 nitrogen and oxygen atoms in total. The Labute approximate surface area is 110 Å². The van der Waals surface area contributed by atoms with Crippen molar-refractivity contribution in [3.63, 3.8) is 0 Å². The molecule has 2 rings (SSSR count). The normalized spacial score (nSPS) is 40.3. The van der Waals surface area contributed by atoms with Crippen LogP contribution < -0.4 is 4.72 Å². The van der Waals surface area contributed by atoms with Crippen LogP contribution in [0, 0.1) is 0 Å². The SMILES string of the molecule is O=S(=O)(NC1CC1)OCC1(O)OC[C@@H](O)[C@@H](O)[C@@H]1O. The fourth-order valence-electron chi connectivity index (χ4n) is 1.62. The van der Waals surface area contributed by atoms with E-state index >= 15 is 0 Å². The van der Waals surface area contributed by atoms with Gasteiger partial charge < -0.3 is 25.2 Å². The molecule has 5 N–H and O–H groups in total. The number of hydrogen-bond donors (Lipinski definition) is 5. The zero-order chi connectivity index (χ0) is 14.3. The highest BCUT2D eigenvalue weighted by molar-refractivity contribution is 7.84. The molecule has 0 aromatic rings. The fourth-order valence-corrected chi connectivity index (χ4v) is 2.66. The molecule has 0 spiro atoms. The van der Waals surface area contributed by atoms with E-state index in [0.29, 0.717) is 0 Å². The quantitative estimate of drug-likeness (QED) is 0.357. The summed E-state index contributed by atoms with van der Waals surface area (Å²) in [5, 5.41) is 38.1. The van der Waals surface area contributed by atoms with Crippen LogP contribution in [0.5, 0.6) is 0 Å². The predicted octanol–water partition coefficient (Wildman–Crippen LogP) is -3.20. The molecule has 1 aliphatic carbocycles. The molecule has 10 heteroatoms. The molecule has 0 radical (unpaired) electrons. The van der Waals surface area contributed by atoms with Crippen molar-refractivity contribution in [2.45, 2.75) is 43.0 Å².